The molecule has 122 valence electrons. The number of amides is 1. The van der Waals surface area contributed by atoms with E-state index in [4.69, 9.17) is 4.42 Å². The van der Waals surface area contributed by atoms with Crippen LogP contribution >= 0.6 is 0 Å². The molecule has 0 fully saturated rings. The summed E-state index contributed by atoms with van der Waals surface area (Å²) in [5, 5.41) is 7.13. The van der Waals surface area contributed by atoms with Gasteiger partial charge in [0.1, 0.15) is 11.5 Å². The van der Waals surface area contributed by atoms with Gasteiger partial charge in [-0.2, -0.15) is 5.10 Å². The van der Waals surface area contributed by atoms with Gasteiger partial charge in [0.15, 0.2) is 0 Å². The Bertz CT molecular complexity index is 970. The van der Waals surface area contributed by atoms with E-state index in [0.717, 1.165) is 5.56 Å². The molecule has 2 aromatic heterocycles. The topological polar surface area (TPSA) is 77.1 Å². The van der Waals surface area contributed by atoms with Crippen molar-refractivity contribution in [2.24, 2.45) is 7.05 Å². The van der Waals surface area contributed by atoms with Crippen LogP contribution in [0.25, 0.3) is 11.3 Å². The van der Waals surface area contributed by atoms with Gasteiger partial charge >= 0.3 is 0 Å². The second-order valence-electron chi connectivity index (χ2n) is 5.51. The van der Waals surface area contributed by atoms with Crippen molar-refractivity contribution < 1.29 is 9.21 Å². The SMILES string of the molecule is Cc1cc(C(=O)Nc2ccccc2-c2ccc(=O)n(C)n2)c(C)o1. The van der Waals surface area contributed by atoms with Gasteiger partial charge in [-0.25, -0.2) is 4.68 Å². The minimum absolute atomic E-state index is 0.190. The van der Waals surface area contributed by atoms with Crippen LogP contribution < -0.4 is 10.9 Å². The molecular formula is C18H17N3O3. The van der Waals surface area contributed by atoms with Crippen molar-refractivity contribution in [2.75, 3.05) is 5.32 Å². The Morgan fingerprint density at radius 2 is 1.92 bits per heavy atom. The average molecular weight is 323 g/mol. The lowest BCUT2D eigenvalue weighted by Gasteiger charge is -2.11. The fourth-order valence-corrected chi connectivity index (χ4v) is 2.51. The Labute approximate surface area is 138 Å². The van der Waals surface area contributed by atoms with Gasteiger partial charge in [-0.3, -0.25) is 9.59 Å². The zero-order valence-corrected chi connectivity index (χ0v) is 13.7. The van der Waals surface area contributed by atoms with Crippen molar-refractivity contribution in [3.63, 3.8) is 0 Å². The number of benzene rings is 1. The second kappa shape index (κ2) is 6.16. The lowest BCUT2D eigenvalue weighted by atomic mass is 10.1. The standard InChI is InChI=1S/C18H17N3O3/c1-11-10-14(12(2)24-11)18(23)19-15-7-5-4-6-13(15)16-8-9-17(22)21(3)20-16/h4-10H,1-3H3,(H,19,23). The predicted octanol–water partition coefficient (Wildman–Crippen LogP) is 2.91. The minimum Gasteiger partial charge on any atom is -0.466 e. The van der Waals surface area contributed by atoms with Crippen molar-refractivity contribution in [1.82, 2.24) is 9.78 Å². The fourth-order valence-electron chi connectivity index (χ4n) is 2.51. The van der Waals surface area contributed by atoms with Crippen molar-refractivity contribution in [3.05, 3.63) is 69.9 Å². The van der Waals surface area contributed by atoms with Crippen molar-refractivity contribution in [2.45, 2.75) is 13.8 Å². The van der Waals surface area contributed by atoms with E-state index in [2.05, 4.69) is 10.4 Å². The van der Waals surface area contributed by atoms with Crippen LogP contribution in [-0.2, 0) is 7.05 Å². The molecule has 1 N–H and O–H groups in total. The molecule has 0 atom stereocenters. The number of hydrogen-bond acceptors (Lipinski definition) is 4. The molecule has 6 heteroatoms. The van der Waals surface area contributed by atoms with Crippen LogP contribution in [0.2, 0.25) is 0 Å². The molecular weight excluding hydrogens is 306 g/mol. The van der Waals surface area contributed by atoms with E-state index in [1.807, 2.05) is 18.2 Å². The van der Waals surface area contributed by atoms with E-state index in [9.17, 15) is 9.59 Å². The van der Waals surface area contributed by atoms with E-state index in [0.29, 0.717) is 28.5 Å². The molecule has 24 heavy (non-hydrogen) atoms. The number of hydrogen-bond donors (Lipinski definition) is 1. The van der Waals surface area contributed by atoms with E-state index in [1.165, 1.54) is 10.7 Å². The van der Waals surface area contributed by atoms with Gasteiger partial charge in [0.05, 0.1) is 16.9 Å². The fraction of sp³-hybridized carbons (Fsp3) is 0.167. The maximum atomic E-state index is 12.5. The van der Waals surface area contributed by atoms with E-state index in [-0.39, 0.29) is 11.5 Å². The number of nitrogens with zero attached hydrogens (tertiary/aromatic N) is 2. The first-order valence-corrected chi connectivity index (χ1v) is 7.48. The molecule has 0 bridgehead atoms. The number of carbonyl (C=O) groups is 1. The van der Waals surface area contributed by atoms with Crippen LogP contribution in [-0.4, -0.2) is 15.7 Å². The summed E-state index contributed by atoms with van der Waals surface area (Å²) in [5.74, 6) is 1.01. The maximum Gasteiger partial charge on any atom is 0.266 e. The Hall–Kier alpha value is -3.15. The summed E-state index contributed by atoms with van der Waals surface area (Å²) in [5.41, 5.74) is 2.26. The number of aryl methyl sites for hydroxylation is 3. The van der Waals surface area contributed by atoms with Crippen LogP contribution in [0.3, 0.4) is 0 Å². The molecule has 1 amide bonds. The lowest BCUT2D eigenvalue weighted by Crippen LogP contribution is -2.18. The quantitative estimate of drug-likeness (QED) is 0.804. The highest BCUT2D eigenvalue weighted by Gasteiger charge is 2.16. The average Bonchev–Trinajstić information content (AvgIpc) is 2.89. The van der Waals surface area contributed by atoms with E-state index < -0.39 is 0 Å². The summed E-state index contributed by atoms with van der Waals surface area (Å²) >= 11 is 0. The van der Waals surface area contributed by atoms with Gasteiger partial charge in [0.25, 0.3) is 11.5 Å². The molecule has 0 radical (unpaired) electrons. The predicted molar refractivity (Wildman–Crippen MR) is 91.0 cm³/mol. The highest BCUT2D eigenvalue weighted by atomic mass is 16.3. The third-order valence-electron chi connectivity index (χ3n) is 3.70. The Morgan fingerprint density at radius 3 is 2.58 bits per heavy atom. The zero-order valence-electron chi connectivity index (χ0n) is 13.7. The summed E-state index contributed by atoms with van der Waals surface area (Å²) in [6, 6.07) is 12.1. The van der Waals surface area contributed by atoms with Gasteiger partial charge in [0, 0.05) is 18.7 Å². The van der Waals surface area contributed by atoms with Gasteiger partial charge in [0.2, 0.25) is 0 Å². The van der Waals surface area contributed by atoms with Crippen LogP contribution in [0.15, 0.2) is 51.7 Å². The summed E-state index contributed by atoms with van der Waals surface area (Å²) in [6.45, 7) is 3.55. The number of rotatable bonds is 3. The molecule has 0 unspecified atom stereocenters. The number of nitrogens with one attached hydrogen (secondary N) is 1. The monoisotopic (exact) mass is 323 g/mol. The third kappa shape index (κ3) is 2.99. The third-order valence-corrected chi connectivity index (χ3v) is 3.70. The van der Waals surface area contributed by atoms with Gasteiger partial charge in [-0.05, 0) is 32.0 Å². The molecule has 6 nitrogen and oxygen atoms in total. The van der Waals surface area contributed by atoms with Crippen LogP contribution in [0.1, 0.15) is 21.9 Å². The second-order valence-corrected chi connectivity index (χ2v) is 5.51. The van der Waals surface area contributed by atoms with Crippen LogP contribution in [0, 0.1) is 13.8 Å². The van der Waals surface area contributed by atoms with E-state index >= 15 is 0 Å². The lowest BCUT2D eigenvalue weighted by molar-refractivity contribution is 0.102. The summed E-state index contributed by atoms with van der Waals surface area (Å²) in [4.78, 5) is 24.0. The summed E-state index contributed by atoms with van der Waals surface area (Å²) in [7, 11) is 1.59. The molecule has 2 heterocycles. The number of furan rings is 1. The molecule has 0 saturated heterocycles. The maximum absolute atomic E-state index is 12.5. The Morgan fingerprint density at radius 1 is 1.17 bits per heavy atom. The molecule has 3 rings (SSSR count). The molecule has 0 aliphatic heterocycles. The zero-order chi connectivity index (χ0) is 17.3. The molecule has 1 aromatic carbocycles. The molecule has 0 spiro atoms. The molecule has 0 aliphatic carbocycles. The Balaban J connectivity index is 1.97. The normalized spacial score (nSPS) is 10.6. The molecule has 0 saturated carbocycles. The first-order valence-electron chi connectivity index (χ1n) is 7.48. The molecule has 0 aliphatic rings. The van der Waals surface area contributed by atoms with E-state index in [1.54, 1.807) is 39.1 Å². The van der Waals surface area contributed by atoms with Crippen molar-refractivity contribution in [1.29, 1.82) is 0 Å². The number of carbonyl (C=O) groups excluding carboxylic acids is 1. The summed E-state index contributed by atoms with van der Waals surface area (Å²) < 4.78 is 6.67. The summed E-state index contributed by atoms with van der Waals surface area (Å²) in [6.07, 6.45) is 0. The van der Waals surface area contributed by atoms with Gasteiger partial charge in [-0.15, -0.1) is 0 Å². The van der Waals surface area contributed by atoms with Crippen LogP contribution in [0.5, 0.6) is 0 Å². The largest absolute Gasteiger partial charge is 0.466 e. The smallest absolute Gasteiger partial charge is 0.266 e. The minimum atomic E-state index is -0.248. The van der Waals surface area contributed by atoms with Gasteiger partial charge < -0.3 is 9.73 Å². The highest BCUT2D eigenvalue weighted by molar-refractivity contribution is 6.06. The highest BCUT2D eigenvalue weighted by Crippen LogP contribution is 2.26. The van der Waals surface area contributed by atoms with Gasteiger partial charge in [-0.1, -0.05) is 18.2 Å². The number of aromatic nitrogens is 2. The number of para-hydroxylation sites is 1. The Kier molecular flexibility index (Phi) is 4.04. The first kappa shape index (κ1) is 15.7. The number of anilines is 1. The first-order chi connectivity index (χ1) is 11.5. The van der Waals surface area contributed by atoms with Crippen molar-refractivity contribution >= 4 is 11.6 Å². The van der Waals surface area contributed by atoms with Crippen molar-refractivity contribution in [3.8, 4) is 11.3 Å². The molecule has 3 aromatic rings. The van der Waals surface area contributed by atoms with Crippen LogP contribution in [0.4, 0.5) is 5.69 Å².